The largest absolute Gasteiger partial charge is 0.368 e. The molecule has 6 nitrogen and oxygen atoms in total. The Morgan fingerprint density at radius 3 is 2.61 bits per heavy atom. The maximum absolute atomic E-state index is 10.7. The van der Waals surface area contributed by atoms with Crippen molar-refractivity contribution in [2.24, 2.45) is 0 Å². The van der Waals surface area contributed by atoms with E-state index in [-0.39, 0.29) is 0 Å². The Morgan fingerprint density at radius 2 is 2.00 bits per heavy atom. The summed E-state index contributed by atoms with van der Waals surface area (Å²) in [4.78, 5) is 23.1. The van der Waals surface area contributed by atoms with Gasteiger partial charge in [0.05, 0.1) is 0 Å². The van der Waals surface area contributed by atoms with E-state index in [1.807, 2.05) is 6.07 Å². The summed E-state index contributed by atoms with van der Waals surface area (Å²) in [6, 6.07) is 2.30. The van der Waals surface area contributed by atoms with Crippen molar-refractivity contribution in [3.05, 3.63) is 12.4 Å². The first-order valence-corrected chi connectivity index (χ1v) is 6.22. The lowest BCUT2D eigenvalue weighted by Crippen LogP contribution is -2.46. The van der Waals surface area contributed by atoms with E-state index < -0.39 is 0 Å². The summed E-state index contributed by atoms with van der Waals surface area (Å²) in [6.07, 6.45) is 2.48. The minimum absolute atomic E-state index is 0.347. The lowest BCUT2D eigenvalue weighted by Gasteiger charge is -2.33. The maximum atomic E-state index is 10.7. The number of hydrogen-bond donors (Lipinski definition) is 1. The highest BCUT2D eigenvalue weighted by molar-refractivity contribution is 5.51. The van der Waals surface area contributed by atoms with Crippen molar-refractivity contribution in [3.8, 4) is 0 Å². The molecule has 18 heavy (non-hydrogen) atoms. The van der Waals surface area contributed by atoms with Gasteiger partial charge in [-0.15, -0.1) is 0 Å². The van der Waals surface area contributed by atoms with Gasteiger partial charge in [0.15, 0.2) is 0 Å². The highest BCUT2D eigenvalue weighted by Crippen LogP contribution is 2.16. The molecule has 1 aromatic heterocycles. The lowest BCUT2D eigenvalue weighted by atomic mass is 10.3. The summed E-state index contributed by atoms with van der Waals surface area (Å²) in [5.74, 6) is 1.76. The first kappa shape index (κ1) is 12.6. The molecular formula is C12H19N5O. The molecule has 98 valence electrons. The molecular weight excluding hydrogens is 230 g/mol. The van der Waals surface area contributed by atoms with Crippen LogP contribution in [0.4, 0.5) is 11.6 Å². The number of carbonyl (C=O) groups excluding carboxylic acids is 1. The van der Waals surface area contributed by atoms with Gasteiger partial charge in [0.25, 0.3) is 0 Å². The molecule has 1 amide bonds. The summed E-state index contributed by atoms with van der Waals surface area (Å²) >= 11 is 0. The number of rotatable bonds is 4. The molecule has 1 aliphatic heterocycles. The minimum Gasteiger partial charge on any atom is -0.368 e. The average molecular weight is 249 g/mol. The van der Waals surface area contributed by atoms with Gasteiger partial charge in [0.1, 0.15) is 18.0 Å². The van der Waals surface area contributed by atoms with Crippen molar-refractivity contribution >= 4 is 18.0 Å². The van der Waals surface area contributed by atoms with Crippen molar-refractivity contribution in [2.45, 2.75) is 19.9 Å². The fraction of sp³-hybridized carbons (Fsp3) is 0.583. The second-order valence-electron chi connectivity index (χ2n) is 4.69. The molecule has 2 rings (SSSR count). The highest BCUT2D eigenvalue weighted by Gasteiger charge is 2.17. The Bertz CT molecular complexity index is 401. The molecule has 0 saturated carbocycles. The number of aromatic nitrogens is 2. The zero-order valence-corrected chi connectivity index (χ0v) is 10.8. The van der Waals surface area contributed by atoms with E-state index in [2.05, 4.69) is 34.0 Å². The summed E-state index contributed by atoms with van der Waals surface area (Å²) in [5.41, 5.74) is 0. The highest BCUT2D eigenvalue weighted by atomic mass is 16.1. The number of nitrogens with zero attached hydrogens (tertiary/aromatic N) is 4. The van der Waals surface area contributed by atoms with Gasteiger partial charge in [0, 0.05) is 38.3 Å². The standard InChI is InChI=1S/C12H19N5O/c1-10(2)15-11-7-12(14-8-13-11)17-5-3-16(9-18)4-6-17/h7-10H,3-6H2,1-2H3,(H,13,14,15). The number of amides is 1. The summed E-state index contributed by atoms with van der Waals surface area (Å²) in [6.45, 7) is 7.28. The second kappa shape index (κ2) is 5.66. The van der Waals surface area contributed by atoms with Crippen LogP contribution in [0.5, 0.6) is 0 Å². The summed E-state index contributed by atoms with van der Waals surface area (Å²) in [7, 11) is 0. The van der Waals surface area contributed by atoms with Gasteiger partial charge < -0.3 is 15.1 Å². The van der Waals surface area contributed by atoms with Crippen LogP contribution in [-0.2, 0) is 4.79 Å². The quantitative estimate of drug-likeness (QED) is 0.791. The van der Waals surface area contributed by atoms with E-state index >= 15 is 0 Å². The van der Waals surface area contributed by atoms with Crippen molar-refractivity contribution < 1.29 is 4.79 Å². The van der Waals surface area contributed by atoms with Crippen molar-refractivity contribution in [1.29, 1.82) is 0 Å². The van der Waals surface area contributed by atoms with Crippen molar-refractivity contribution in [3.63, 3.8) is 0 Å². The van der Waals surface area contributed by atoms with Crippen LogP contribution in [0.25, 0.3) is 0 Å². The average Bonchev–Trinajstić information content (AvgIpc) is 2.38. The Hall–Kier alpha value is -1.85. The normalized spacial score (nSPS) is 15.9. The van der Waals surface area contributed by atoms with Gasteiger partial charge >= 0.3 is 0 Å². The molecule has 0 aromatic carbocycles. The molecule has 2 heterocycles. The molecule has 0 aliphatic carbocycles. The fourth-order valence-electron chi connectivity index (χ4n) is 1.95. The van der Waals surface area contributed by atoms with E-state index in [0.29, 0.717) is 6.04 Å². The third kappa shape index (κ3) is 3.09. The van der Waals surface area contributed by atoms with Gasteiger partial charge in [0.2, 0.25) is 6.41 Å². The SMILES string of the molecule is CC(C)Nc1cc(N2CCN(C=O)CC2)ncn1. The Balaban J connectivity index is 2.02. The lowest BCUT2D eigenvalue weighted by molar-refractivity contribution is -0.118. The molecule has 1 saturated heterocycles. The van der Waals surface area contributed by atoms with Crippen LogP contribution < -0.4 is 10.2 Å². The van der Waals surface area contributed by atoms with Gasteiger partial charge in [-0.05, 0) is 13.8 Å². The molecule has 0 unspecified atom stereocenters. The minimum atomic E-state index is 0.347. The molecule has 1 aliphatic rings. The molecule has 1 aromatic rings. The first-order valence-electron chi connectivity index (χ1n) is 6.22. The van der Waals surface area contributed by atoms with Crippen LogP contribution in [0.15, 0.2) is 12.4 Å². The third-order valence-corrected chi connectivity index (χ3v) is 2.88. The van der Waals surface area contributed by atoms with Crippen LogP contribution in [0.3, 0.4) is 0 Å². The molecule has 0 bridgehead atoms. The first-order chi connectivity index (χ1) is 8.69. The van der Waals surface area contributed by atoms with Crippen LogP contribution in [0.2, 0.25) is 0 Å². The third-order valence-electron chi connectivity index (χ3n) is 2.88. The zero-order chi connectivity index (χ0) is 13.0. The molecule has 6 heteroatoms. The summed E-state index contributed by atoms with van der Waals surface area (Å²) in [5, 5.41) is 3.26. The Kier molecular flexibility index (Phi) is 3.96. The van der Waals surface area contributed by atoms with E-state index in [1.54, 1.807) is 11.2 Å². The van der Waals surface area contributed by atoms with Crippen LogP contribution >= 0.6 is 0 Å². The predicted molar refractivity (Wildman–Crippen MR) is 70.6 cm³/mol. The van der Waals surface area contributed by atoms with E-state index in [0.717, 1.165) is 44.2 Å². The monoisotopic (exact) mass is 249 g/mol. The topological polar surface area (TPSA) is 61.4 Å². The Labute approximate surface area is 107 Å². The van der Waals surface area contributed by atoms with E-state index in [9.17, 15) is 4.79 Å². The maximum Gasteiger partial charge on any atom is 0.209 e. The molecule has 1 N–H and O–H groups in total. The molecule has 0 atom stereocenters. The zero-order valence-electron chi connectivity index (χ0n) is 10.8. The molecule has 0 radical (unpaired) electrons. The fourth-order valence-corrected chi connectivity index (χ4v) is 1.95. The number of carbonyl (C=O) groups is 1. The van der Waals surface area contributed by atoms with E-state index in [4.69, 9.17) is 0 Å². The van der Waals surface area contributed by atoms with Crippen molar-refractivity contribution in [1.82, 2.24) is 14.9 Å². The van der Waals surface area contributed by atoms with Crippen LogP contribution in [-0.4, -0.2) is 53.5 Å². The second-order valence-corrected chi connectivity index (χ2v) is 4.69. The number of hydrogen-bond acceptors (Lipinski definition) is 5. The van der Waals surface area contributed by atoms with Gasteiger partial charge in [-0.3, -0.25) is 4.79 Å². The predicted octanol–water partition coefficient (Wildman–Crippen LogP) is 0.575. The Morgan fingerprint density at radius 1 is 1.28 bits per heavy atom. The number of piperazine rings is 1. The molecule has 1 fully saturated rings. The van der Waals surface area contributed by atoms with Crippen LogP contribution in [0.1, 0.15) is 13.8 Å². The van der Waals surface area contributed by atoms with Gasteiger partial charge in [-0.25, -0.2) is 9.97 Å². The number of anilines is 2. The smallest absolute Gasteiger partial charge is 0.209 e. The molecule has 0 spiro atoms. The number of nitrogens with one attached hydrogen (secondary N) is 1. The van der Waals surface area contributed by atoms with Gasteiger partial charge in [-0.2, -0.15) is 0 Å². The van der Waals surface area contributed by atoms with Crippen molar-refractivity contribution in [2.75, 3.05) is 36.4 Å². The van der Waals surface area contributed by atoms with Gasteiger partial charge in [-0.1, -0.05) is 0 Å². The summed E-state index contributed by atoms with van der Waals surface area (Å²) < 4.78 is 0. The van der Waals surface area contributed by atoms with Crippen LogP contribution in [0, 0.1) is 0 Å². The van der Waals surface area contributed by atoms with E-state index in [1.165, 1.54) is 0 Å².